The van der Waals surface area contributed by atoms with Crippen molar-refractivity contribution in [1.82, 2.24) is 0 Å². The first-order chi connectivity index (χ1) is 14.0. The Hall–Kier alpha value is -1.98. The summed E-state index contributed by atoms with van der Waals surface area (Å²) in [4.78, 5) is 22.9. The van der Waals surface area contributed by atoms with Crippen LogP contribution in [0.15, 0.2) is 36.4 Å². The van der Waals surface area contributed by atoms with E-state index in [0.717, 1.165) is 38.5 Å². The van der Waals surface area contributed by atoms with Crippen molar-refractivity contribution >= 4 is 11.8 Å². The molecular formula is C24H32O5. The molecule has 0 heterocycles. The van der Waals surface area contributed by atoms with Gasteiger partial charge in [0.25, 0.3) is 0 Å². The van der Waals surface area contributed by atoms with Crippen molar-refractivity contribution in [3.05, 3.63) is 47.5 Å². The van der Waals surface area contributed by atoms with Crippen LogP contribution in [0.1, 0.15) is 56.1 Å². The lowest BCUT2D eigenvalue weighted by atomic mass is 9.87. The van der Waals surface area contributed by atoms with Crippen molar-refractivity contribution in [2.24, 2.45) is 17.8 Å². The molecule has 0 saturated heterocycles. The van der Waals surface area contributed by atoms with Gasteiger partial charge in [0.15, 0.2) is 0 Å². The minimum atomic E-state index is -0.768. The maximum absolute atomic E-state index is 12.4. The average molecular weight is 401 g/mol. The molecule has 3 N–H and O–H groups in total. The van der Waals surface area contributed by atoms with Gasteiger partial charge in [-0.3, -0.25) is 9.59 Å². The lowest BCUT2D eigenvalue weighted by molar-refractivity contribution is -0.137. The van der Waals surface area contributed by atoms with E-state index >= 15 is 0 Å². The molecule has 4 atom stereocenters. The number of ketones is 1. The van der Waals surface area contributed by atoms with Gasteiger partial charge in [0.05, 0.1) is 12.2 Å². The van der Waals surface area contributed by atoms with E-state index in [-0.39, 0.29) is 36.4 Å². The molecule has 1 aromatic rings. The maximum atomic E-state index is 12.4. The Morgan fingerprint density at radius 1 is 1.07 bits per heavy atom. The predicted octanol–water partition coefficient (Wildman–Crippen LogP) is 3.31. The maximum Gasteiger partial charge on any atom is 0.303 e. The molecule has 0 bridgehead atoms. The number of benzene rings is 1. The van der Waals surface area contributed by atoms with Crippen molar-refractivity contribution < 1.29 is 24.9 Å². The van der Waals surface area contributed by atoms with Crippen LogP contribution in [0.5, 0.6) is 0 Å². The monoisotopic (exact) mass is 400 g/mol. The summed E-state index contributed by atoms with van der Waals surface area (Å²) >= 11 is 0. The Balaban J connectivity index is 1.49. The standard InChI is InChI=1S/C24H32O5/c25-21(18-13-16-7-5-6-8-17(16)14-18)12-11-20-19(22(26)15-23(20)27)9-3-1-2-4-10-24(28)29/h5-8,11-12,18-22,25-26H,1-4,9-10,13-15H2,(H,28,29)/t19-,20-,21-,22+/m1/s1. The molecule has 1 aromatic carbocycles. The molecule has 2 aliphatic carbocycles. The fraction of sp³-hybridized carbons (Fsp3) is 0.583. The summed E-state index contributed by atoms with van der Waals surface area (Å²) in [5.74, 6) is -1.02. The number of hydrogen-bond donors (Lipinski definition) is 3. The normalized spacial score (nSPS) is 25.6. The van der Waals surface area contributed by atoms with Crippen LogP contribution in [0.2, 0.25) is 0 Å². The Bertz CT molecular complexity index is 716. The molecule has 0 radical (unpaired) electrons. The van der Waals surface area contributed by atoms with Gasteiger partial charge in [0.2, 0.25) is 0 Å². The second-order valence-electron chi connectivity index (χ2n) is 8.59. The zero-order valence-corrected chi connectivity index (χ0v) is 16.9. The van der Waals surface area contributed by atoms with Gasteiger partial charge in [0.1, 0.15) is 5.78 Å². The Morgan fingerprint density at radius 2 is 1.72 bits per heavy atom. The molecule has 29 heavy (non-hydrogen) atoms. The highest BCUT2D eigenvalue weighted by Gasteiger charge is 2.39. The summed E-state index contributed by atoms with van der Waals surface area (Å²) in [6, 6.07) is 8.26. The smallest absolute Gasteiger partial charge is 0.303 e. The fourth-order valence-electron chi connectivity index (χ4n) is 4.83. The SMILES string of the molecule is O=C(O)CCCCCC[C@H]1[C@@H](O)CC(=O)[C@@H]1C=C[C@@H](O)C1Cc2ccccc2C1. The summed E-state index contributed by atoms with van der Waals surface area (Å²) in [5, 5.41) is 29.6. The number of Topliss-reactive ketones (excluding diaryl/α,β-unsaturated/α-hetero) is 1. The second-order valence-corrected chi connectivity index (χ2v) is 8.59. The van der Waals surface area contributed by atoms with Crippen molar-refractivity contribution in [3.63, 3.8) is 0 Å². The zero-order valence-electron chi connectivity index (χ0n) is 16.9. The van der Waals surface area contributed by atoms with E-state index in [4.69, 9.17) is 5.11 Å². The van der Waals surface area contributed by atoms with Crippen LogP contribution in [0.4, 0.5) is 0 Å². The number of carboxylic acid groups (broad SMARTS) is 1. The highest BCUT2D eigenvalue weighted by atomic mass is 16.4. The number of unbranched alkanes of at least 4 members (excludes halogenated alkanes) is 3. The molecule has 158 valence electrons. The molecule has 0 aromatic heterocycles. The molecule has 0 spiro atoms. The van der Waals surface area contributed by atoms with Crippen molar-refractivity contribution in [3.8, 4) is 0 Å². The first kappa shape index (κ1) is 21.7. The number of carbonyl (C=O) groups excluding carboxylic acids is 1. The molecule has 0 aliphatic heterocycles. The van der Waals surface area contributed by atoms with Gasteiger partial charge in [0, 0.05) is 18.8 Å². The third kappa shape index (κ3) is 5.77. The van der Waals surface area contributed by atoms with E-state index in [1.807, 2.05) is 18.2 Å². The number of rotatable bonds is 10. The minimum Gasteiger partial charge on any atom is -0.481 e. The molecule has 0 amide bonds. The molecule has 5 nitrogen and oxygen atoms in total. The summed E-state index contributed by atoms with van der Waals surface area (Å²) in [6.45, 7) is 0. The molecule has 3 rings (SSSR count). The largest absolute Gasteiger partial charge is 0.481 e. The van der Waals surface area contributed by atoms with Crippen molar-refractivity contribution in [1.29, 1.82) is 0 Å². The highest BCUT2D eigenvalue weighted by molar-refractivity contribution is 5.86. The lowest BCUT2D eigenvalue weighted by Gasteiger charge is -2.19. The first-order valence-electron chi connectivity index (χ1n) is 10.8. The third-order valence-electron chi connectivity index (χ3n) is 6.50. The number of allylic oxidation sites excluding steroid dienone is 1. The summed E-state index contributed by atoms with van der Waals surface area (Å²) in [6.07, 6.45) is 8.50. The molecule has 1 fully saturated rings. The Labute approximate surface area is 172 Å². The summed E-state index contributed by atoms with van der Waals surface area (Å²) in [5.41, 5.74) is 2.58. The van der Waals surface area contributed by atoms with Crippen LogP contribution in [0, 0.1) is 17.8 Å². The summed E-state index contributed by atoms with van der Waals surface area (Å²) < 4.78 is 0. The first-order valence-corrected chi connectivity index (χ1v) is 10.8. The molecule has 5 heteroatoms. The number of aliphatic carboxylic acids is 1. The number of carboxylic acids is 1. The van der Waals surface area contributed by atoms with E-state index in [1.165, 1.54) is 11.1 Å². The van der Waals surface area contributed by atoms with Crippen molar-refractivity contribution in [2.45, 2.75) is 70.0 Å². The number of aliphatic hydroxyl groups excluding tert-OH is 2. The number of hydrogen-bond acceptors (Lipinski definition) is 4. The molecule has 2 aliphatic rings. The van der Waals surface area contributed by atoms with Crippen LogP contribution in [-0.2, 0) is 22.4 Å². The van der Waals surface area contributed by atoms with Gasteiger partial charge in [-0.2, -0.15) is 0 Å². The molecule has 1 saturated carbocycles. The highest BCUT2D eigenvalue weighted by Crippen LogP contribution is 2.35. The molecular weight excluding hydrogens is 368 g/mol. The van der Waals surface area contributed by atoms with Gasteiger partial charge in [-0.05, 0) is 48.6 Å². The minimum absolute atomic E-state index is 0.0477. The van der Waals surface area contributed by atoms with E-state index in [0.29, 0.717) is 6.42 Å². The van der Waals surface area contributed by atoms with Crippen LogP contribution < -0.4 is 0 Å². The Morgan fingerprint density at radius 3 is 2.38 bits per heavy atom. The van der Waals surface area contributed by atoms with E-state index in [2.05, 4.69) is 12.1 Å². The van der Waals surface area contributed by atoms with Gasteiger partial charge < -0.3 is 15.3 Å². The average Bonchev–Trinajstić information content (AvgIpc) is 3.23. The topological polar surface area (TPSA) is 94.8 Å². The fourth-order valence-corrected chi connectivity index (χ4v) is 4.83. The van der Waals surface area contributed by atoms with Crippen molar-refractivity contribution in [2.75, 3.05) is 0 Å². The van der Waals surface area contributed by atoms with E-state index in [9.17, 15) is 19.8 Å². The Kier molecular flexibility index (Phi) is 7.62. The zero-order chi connectivity index (χ0) is 20.8. The van der Waals surface area contributed by atoms with E-state index < -0.39 is 18.2 Å². The predicted molar refractivity (Wildman–Crippen MR) is 110 cm³/mol. The van der Waals surface area contributed by atoms with Gasteiger partial charge in [-0.1, -0.05) is 55.7 Å². The van der Waals surface area contributed by atoms with Crippen LogP contribution in [0.3, 0.4) is 0 Å². The van der Waals surface area contributed by atoms with Crippen LogP contribution in [-0.4, -0.2) is 39.3 Å². The molecule has 0 unspecified atom stereocenters. The van der Waals surface area contributed by atoms with Gasteiger partial charge in [-0.15, -0.1) is 0 Å². The van der Waals surface area contributed by atoms with Crippen LogP contribution >= 0.6 is 0 Å². The number of fused-ring (bicyclic) bond motifs is 1. The van der Waals surface area contributed by atoms with Crippen LogP contribution in [0.25, 0.3) is 0 Å². The van der Waals surface area contributed by atoms with Gasteiger partial charge in [-0.25, -0.2) is 0 Å². The number of carbonyl (C=O) groups is 2. The lowest BCUT2D eigenvalue weighted by Crippen LogP contribution is -2.22. The quantitative estimate of drug-likeness (QED) is 0.414. The number of aliphatic hydroxyl groups is 2. The van der Waals surface area contributed by atoms with Gasteiger partial charge >= 0.3 is 5.97 Å². The third-order valence-corrected chi connectivity index (χ3v) is 6.50. The van der Waals surface area contributed by atoms with E-state index in [1.54, 1.807) is 6.08 Å². The second kappa shape index (κ2) is 10.2. The summed E-state index contributed by atoms with van der Waals surface area (Å²) in [7, 11) is 0.